The van der Waals surface area contributed by atoms with E-state index in [9.17, 15) is 4.79 Å². The molecule has 0 aliphatic carbocycles. The molecule has 2 atom stereocenters. The topological polar surface area (TPSA) is 67.6 Å². The zero-order chi connectivity index (χ0) is 14.5. The standard InChI is InChI=1S/C15H23N3O2/c1-3-20-14-7-5-4-6-12(14)11(2)18-9-8-17-10-13(18)15(16)19/h4-7,11,13,17H,3,8-10H2,1-2H3,(H2,16,19). The van der Waals surface area contributed by atoms with Gasteiger partial charge in [-0.2, -0.15) is 0 Å². The van der Waals surface area contributed by atoms with E-state index in [1.54, 1.807) is 0 Å². The molecule has 20 heavy (non-hydrogen) atoms. The Kier molecular flexibility index (Phi) is 4.98. The number of carbonyl (C=O) groups is 1. The van der Waals surface area contributed by atoms with E-state index in [0.717, 1.165) is 24.4 Å². The average Bonchev–Trinajstić information content (AvgIpc) is 2.47. The van der Waals surface area contributed by atoms with Gasteiger partial charge in [0.25, 0.3) is 0 Å². The molecule has 1 heterocycles. The molecule has 0 spiro atoms. The highest BCUT2D eigenvalue weighted by Crippen LogP contribution is 2.30. The summed E-state index contributed by atoms with van der Waals surface area (Å²) in [5.74, 6) is 0.599. The first kappa shape index (κ1) is 14.8. The summed E-state index contributed by atoms with van der Waals surface area (Å²) < 4.78 is 5.69. The van der Waals surface area contributed by atoms with Crippen LogP contribution in [0.3, 0.4) is 0 Å². The summed E-state index contributed by atoms with van der Waals surface area (Å²) in [7, 11) is 0. The number of benzene rings is 1. The summed E-state index contributed by atoms with van der Waals surface area (Å²) >= 11 is 0. The normalized spacial score (nSPS) is 21.4. The second kappa shape index (κ2) is 6.72. The second-order valence-corrected chi connectivity index (χ2v) is 5.01. The molecule has 0 aromatic heterocycles. The Morgan fingerprint density at radius 1 is 1.55 bits per heavy atom. The molecule has 110 valence electrons. The number of ether oxygens (including phenoxy) is 1. The highest BCUT2D eigenvalue weighted by atomic mass is 16.5. The first-order valence-corrected chi connectivity index (χ1v) is 7.12. The predicted octanol–water partition coefficient (Wildman–Crippen LogP) is 0.905. The molecular weight excluding hydrogens is 254 g/mol. The third-order valence-electron chi connectivity index (χ3n) is 3.78. The maximum absolute atomic E-state index is 11.6. The number of nitrogens with zero attached hydrogens (tertiary/aromatic N) is 1. The molecule has 1 aliphatic rings. The second-order valence-electron chi connectivity index (χ2n) is 5.01. The van der Waals surface area contributed by atoms with Crippen LogP contribution in [0.25, 0.3) is 0 Å². The Bertz CT molecular complexity index is 464. The number of nitrogens with one attached hydrogen (secondary N) is 1. The molecule has 0 saturated carbocycles. The van der Waals surface area contributed by atoms with Gasteiger partial charge in [-0.05, 0) is 19.9 Å². The van der Waals surface area contributed by atoms with Crippen LogP contribution in [0.2, 0.25) is 0 Å². The van der Waals surface area contributed by atoms with Crippen molar-refractivity contribution < 1.29 is 9.53 Å². The van der Waals surface area contributed by atoms with Crippen molar-refractivity contribution in [1.82, 2.24) is 10.2 Å². The minimum absolute atomic E-state index is 0.0948. The maximum Gasteiger partial charge on any atom is 0.236 e. The fourth-order valence-electron chi connectivity index (χ4n) is 2.74. The van der Waals surface area contributed by atoms with Crippen LogP contribution in [0.5, 0.6) is 5.75 Å². The van der Waals surface area contributed by atoms with Crippen LogP contribution in [0.4, 0.5) is 0 Å². The molecule has 5 heteroatoms. The smallest absolute Gasteiger partial charge is 0.236 e. The van der Waals surface area contributed by atoms with Crippen molar-refractivity contribution in [3.63, 3.8) is 0 Å². The van der Waals surface area contributed by atoms with E-state index < -0.39 is 0 Å². The van der Waals surface area contributed by atoms with Crippen molar-refractivity contribution in [2.75, 3.05) is 26.2 Å². The van der Waals surface area contributed by atoms with E-state index >= 15 is 0 Å². The number of piperazine rings is 1. The van der Waals surface area contributed by atoms with Crippen LogP contribution < -0.4 is 15.8 Å². The van der Waals surface area contributed by atoms with Crippen LogP contribution in [-0.4, -0.2) is 43.1 Å². The molecule has 0 radical (unpaired) electrons. The van der Waals surface area contributed by atoms with Crippen LogP contribution in [0.1, 0.15) is 25.5 Å². The monoisotopic (exact) mass is 277 g/mol. The van der Waals surface area contributed by atoms with Gasteiger partial charge in [-0.15, -0.1) is 0 Å². The van der Waals surface area contributed by atoms with Gasteiger partial charge >= 0.3 is 0 Å². The summed E-state index contributed by atoms with van der Waals surface area (Å²) in [6.07, 6.45) is 0. The van der Waals surface area contributed by atoms with Crippen LogP contribution in [0.15, 0.2) is 24.3 Å². The fraction of sp³-hybridized carbons (Fsp3) is 0.533. The number of nitrogens with two attached hydrogens (primary N) is 1. The molecule has 1 fully saturated rings. The van der Waals surface area contributed by atoms with Crippen LogP contribution in [0, 0.1) is 0 Å². The average molecular weight is 277 g/mol. The summed E-state index contributed by atoms with van der Waals surface area (Å²) in [6.45, 7) is 6.97. The predicted molar refractivity (Wildman–Crippen MR) is 78.6 cm³/mol. The van der Waals surface area contributed by atoms with Gasteiger partial charge < -0.3 is 15.8 Å². The Hall–Kier alpha value is -1.59. The van der Waals surface area contributed by atoms with Gasteiger partial charge in [0, 0.05) is 31.2 Å². The molecule has 5 nitrogen and oxygen atoms in total. The number of carbonyl (C=O) groups excluding carboxylic acids is 1. The zero-order valence-electron chi connectivity index (χ0n) is 12.1. The molecule has 2 unspecified atom stereocenters. The minimum atomic E-state index is -0.280. The molecular formula is C15H23N3O2. The number of rotatable bonds is 5. The lowest BCUT2D eigenvalue weighted by Gasteiger charge is -2.39. The Labute approximate surface area is 120 Å². The number of amides is 1. The van der Waals surface area contributed by atoms with Gasteiger partial charge in [0.2, 0.25) is 5.91 Å². The lowest BCUT2D eigenvalue weighted by Crippen LogP contribution is -2.57. The summed E-state index contributed by atoms with van der Waals surface area (Å²) in [6, 6.07) is 7.80. The molecule has 0 bridgehead atoms. The van der Waals surface area contributed by atoms with Gasteiger partial charge in [-0.25, -0.2) is 0 Å². The fourth-order valence-corrected chi connectivity index (χ4v) is 2.74. The highest BCUT2D eigenvalue weighted by Gasteiger charge is 2.31. The molecule has 2 rings (SSSR count). The third-order valence-corrected chi connectivity index (χ3v) is 3.78. The lowest BCUT2D eigenvalue weighted by molar-refractivity contribution is -0.124. The largest absolute Gasteiger partial charge is 0.494 e. The number of hydrogen-bond donors (Lipinski definition) is 2. The quantitative estimate of drug-likeness (QED) is 0.839. The van der Waals surface area contributed by atoms with E-state index in [4.69, 9.17) is 10.5 Å². The Balaban J connectivity index is 2.24. The number of para-hydroxylation sites is 1. The Morgan fingerprint density at radius 2 is 2.30 bits per heavy atom. The first-order chi connectivity index (χ1) is 9.65. The zero-order valence-corrected chi connectivity index (χ0v) is 12.1. The van der Waals surface area contributed by atoms with Crippen molar-refractivity contribution in [2.24, 2.45) is 5.73 Å². The van der Waals surface area contributed by atoms with Crippen molar-refractivity contribution >= 4 is 5.91 Å². The van der Waals surface area contributed by atoms with Crippen molar-refractivity contribution in [3.05, 3.63) is 29.8 Å². The molecule has 1 saturated heterocycles. The summed E-state index contributed by atoms with van der Waals surface area (Å²) in [4.78, 5) is 13.8. The number of hydrogen-bond acceptors (Lipinski definition) is 4. The van der Waals surface area contributed by atoms with E-state index in [-0.39, 0.29) is 18.0 Å². The lowest BCUT2D eigenvalue weighted by atomic mass is 10.0. The minimum Gasteiger partial charge on any atom is -0.494 e. The van der Waals surface area contributed by atoms with E-state index in [1.807, 2.05) is 25.1 Å². The van der Waals surface area contributed by atoms with Crippen molar-refractivity contribution in [2.45, 2.75) is 25.9 Å². The number of primary amides is 1. The highest BCUT2D eigenvalue weighted by molar-refractivity contribution is 5.80. The van der Waals surface area contributed by atoms with Gasteiger partial charge in [-0.3, -0.25) is 9.69 Å². The van der Waals surface area contributed by atoms with Gasteiger partial charge in [0.1, 0.15) is 11.8 Å². The Morgan fingerprint density at radius 3 is 3.00 bits per heavy atom. The van der Waals surface area contributed by atoms with E-state index in [2.05, 4.69) is 23.2 Å². The van der Waals surface area contributed by atoms with Crippen LogP contribution in [-0.2, 0) is 4.79 Å². The van der Waals surface area contributed by atoms with Crippen molar-refractivity contribution in [3.8, 4) is 5.75 Å². The van der Waals surface area contributed by atoms with E-state index in [1.165, 1.54) is 0 Å². The molecule has 1 amide bonds. The van der Waals surface area contributed by atoms with Gasteiger partial charge in [-0.1, -0.05) is 18.2 Å². The van der Waals surface area contributed by atoms with Crippen molar-refractivity contribution in [1.29, 1.82) is 0 Å². The van der Waals surface area contributed by atoms with Gasteiger partial charge in [0.05, 0.1) is 6.61 Å². The molecule has 3 N–H and O–H groups in total. The maximum atomic E-state index is 11.6. The molecule has 1 aromatic carbocycles. The summed E-state index contributed by atoms with van der Waals surface area (Å²) in [5, 5.41) is 3.22. The molecule has 1 aromatic rings. The van der Waals surface area contributed by atoms with Gasteiger partial charge in [0.15, 0.2) is 0 Å². The van der Waals surface area contributed by atoms with E-state index in [0.29, 0.717) is 13.2 Å². The molecule has 1 aliphatic heterocycles. The SMILES string of the molecule is CCOc1ccccc1C(C)N1CCNCC1C(N)=O. The summed E-state index contributed by atoms with van der Waals surface area (Å²) in [5.41, 5.74) is 6.62. The van der Waals surface area contributed by atoms with Crippen LogP contribution >= 0.6 is 0 Å². The first-order valence-electron chi connectivity index (χ1n) is 7.12. The third kappa shape index (κ3) is 3.11.